The van der Waals surface area contributed by atoms with E-state index in [0.29, 0.717) is 42.9 Å². The van der Waals surface area contributed by atoms with Gasteiger partial charge in [0.15, 0.2) is 0 Å². The molecule has 26 heavy (non-hydrogen) atoms. The van der Waals surface area contributed by atoms with Gasteiger partial charge in [-0.25, -0.2) is 8.42 Å². The van der Waals surface area contributed by atoms with Crippen molar-refractivity contribution in [3.05, 3.63) is 30.3 Å². The van der Waals surface area contributed by atoms with Gasteiger partial charge in [-0.3, -0.25) is 4.79 Å². The molecule has 0 spiro atoms. The molecule has 1 aromatic rings. The van der Waals surface area contributed by atoms with Crippen molar-refractivity contribution >= 4 is 15.9 Å². The Morgan fingerprint density at radius 1 is 0.885 bits per heavy atom. The van der Waals surface area contributed by atoms with Crippen LogP contribution < -0.4 is 0 Å². The Kier molecular flexibility index (Phi) is 5.06. The molecular formula is C20H28N2O3S. The number of nitrogens with zero attached hydrogens (tertiary/aromatic N) is 2. The van der Waals surface area contributed by atoms with Gasteiger partial charge in [0, 0.05) is 31.1 Å². The maximum atomic E-state index is 13.2. The topological polar surface area (TPSA) is 57.7 Å². The first-order valence-electron chi connectivity index (χ1n) is 9.95. The second-order valence-corrected chi connectivity index (χ2v) is 9.84. The van der Waals surface area contributed by atoms with Crippen molar-refractivity contribution in [2.24, 2.45) is 5.92 Å². The summed E-state index contributed by atoms with van der Waals surface area (Å²) in [5.41, 5.74) is 0. The van der Waals surface area contributed by atoms with Crippen molar-refractivity contribution in [2.45, 2.75) is 68.3 Å². The van der Waals surface area contributed by atoms with E-state index in [2.05, 4.69) is 4.90 Å². The molecule has 0 N–H and O–H groups in total. The number of rotatable bonds is 5. The summed E-state index contributed by atoms with van der Waals surface area (Å²) in [6.07, 6.45) is 8.31. The Morgan fingerprint density at radius 3 is 2.04 bits per heavy atom. The second kappa shape index (κ2) is 7.31. The van der Waals surface area contributed by atoms with E-state index in [1.54, 1.807) is 28.6 Å². The lowest BCUT2D eigenvalue weighted by atomic mass is 9.95. The average Bonchev–Trinajstić information content (AvgIpc) is 3.36. The van der Waals surface area contributed by atoms with Gasteiger partial charge in [0.2, 0.25) is 15.9 Å². The first kappa shape index (κ1) is 18.0. The molecule has 3 fully saturated rings. The molecule has 1 saturated heterocycles. The molecule has 2 aliphatic carbocycles. The molecule has 142 valence electrons. The van der Waals surface area contributed by atoms with Crippen molar-refractivity contribution < 1.29 is 13.2 Å². The molecule has 0 radical (unpaired) electrons. The number of carbonyl (C=O) groups is 1. The molecule has 4 rings (SSSR count). The SMILES string of the molecule is O=C(C1CCN(S(=O)(=O)c2ccccc2)CC1)N(C1CCCC1)C1CC1. The van der Waals surface area contributed by atoms with Crippen LogP contribution in [-0.4, -0.2) is 48.7 Å². The number of piperidine rings is 1. The molecule has 1 aliphatic heterocycles. The zero-order valence-corrected chi connectivity index (χ0v) is 16.0. The Morgan fingerprint density at radius 2 is 1.46 bits per heavy atom. The lowest BCUT2D eigenvalue weighted by Gasteiger charge is -2.36. The van der Waals surface area contributed by atoms with Crippen LogP contribution in [-0.2, 0) is 14.8 Å². The van der Waals surface area contributed by atoms with E-state index < -0.39 is 10.0 Å². The van der Waals surface area contributed by atoms with Gasteiger partial charge >= 0.3 is 0 Å². The molecule has 5 nitrogen and oxygen atoms in total. The lowest BCUT2D eigenvalue weighted by Crippen LogP contribution is -2.48. The van der Waals surface area contributed by atoms with Gasteiger partial charge in [0.05, 0.1) is 4.90 Å². The zero-order chi connectivity index (χ0) is 18.1. The molecule has 6 heteroatoms. The minimum absolute atomic E-state index is 0.0153. The quantitative estimate of drug-likeness (QED) is 0.794. The van der Waals surface area contributed by atoms with Crippen LogP contribution in [0, 0.1) is 5.92 Å². The van der Waals surface area contributed by atoms with Gasteiger partial charge < -0.3 is 4.90 Å². The maximum Gasteiger partial charge on any atom is 0.243 e. The third kappa shape index (κ3) is 3.54. The summed E-state index contributed by atoms with van der Waals surface area (Å²) in [5, 5.41) is 0. The molecule has 0 unspecified atom stereocenters. The predicted molar refractivity (Wildman–Crippen MR) is 100 cm³/mol. The van der Waals surface area contributed by atoms with Crippen molar-refractivity contribution in [1.82, 2.24) is 9.21 Å². The monoisotopic (exact) mass is 376 g/mol. The minimum atomic E-state index is -3.44. The Balaban J connectivity index is 1.40. The van der Waals surface area contributed by atoms with Crippen LogP contribution in [0.25, 0.3) is 0 Å². The highest BCUT2D eigenvalue weighted by atomic mass is 32.2. The van der Waals surface area contributed by atoms with Crippen LogP contribution in [0.4, 0.5) is 0 Å². The minimum Gasteiger partial charge on any atom is -0.336 e. The summed E-state index contributed by atoms with van der Waals surface area (Å²) in [5.74, 6) is 0.273. The first-order chi connectivity index (χ1) is 12.6. The molecule has 1 heterocycles. The van der Waals surface area contributed by atoms with Gasteiger partial charge in [-0.2, -0.15) is 4.31 Å². The van der Waals surface area contributed by atoms with Crippen LogP contribution in [0.15, 0.2) is 35.2 Å². The summed E-state index contributed by atoms with van der Waals surface area (Å²) in [6, 6.07) is 9.48. The van der Waals surface area contributed by atoms with E-state index in [1.807, 2.05) is 6.07 Å². The third-order valence-electron chi connectivity index (χ3n) is 6.10. The Hall–Kier alpha value is -1.40. The number of amides is 1. The fraction of sp³-hybridized carbons (Fsp3) is 0.650. The first-order valence-corrected chi connectivity index (χ1v) is 11.4. The molecule has 0 atom stereocenters. The van der Waals surface area contributed by atoms with Crippen molar-refractivity contribution in [3.63, 3.8) is 0 Å². The van der Waals surface area contributed by atoms with E-state index in [0.717, 1.165) is 25.7 Å². The van der Waals surface area contributed by atoms with Crippen molar-refractivity contribution in [1.29, 1.82) is 0 Å². The highest BCUT2D eigenvalue weighted by molar-refractivity contribution is 7.89. The van der Waals surface area contributed by atoms with E-state index in [-0.39, 0.29) is 11.8 Å². The zero-order valence-electron chi connectivity index (χ0n) is 15.2. The van der Waals surface area contributed by atoms with Gasteiger partial charge in [-0.05, 0) is 50.7 Å². The van der Waals surface area contributed by atoms with Crippen LogP contribution >= 0.6 is 0 Å². The summed E-state index contributed by atoms with van der Waals surface area (Å²) < 4.78 is 27.1. The van der Waals surface area contributed by atoms with Gasteiger partial charge in [-0.1, -0.05) is 31.0 Å². The van der Waals surface area contributed by atoms with E-state index >= 15 is 0 Å². The van der Waals surface area contributed by atoms with Crippen molar-refractivity contribution in [3.8, 4) is 0 Å². The highest BCUT2D eigenvalue weighted by Gasteiger charge is 2.42. The molecule has 2 saturated carbocycles. The fourth-order valence-corrected chi connectivity index (χ4v) is 5.98. The Bertz CT molecular complexity index is 732. The number of carbonyl (C=O) groups excluding carboxylic acids is 1. The Labute approximate surface area is 156 Å². The smallest absolute Gasteiger partial charge is 0.243 e. The predicted octanol–water partition coefficient (Wildman–Crippen LogP) is 3.02. The largest absolute Gasteiger partial charge is 0.336 e. The summed E-state index contributed by atoms with van der Waals surface area (Å²) in [6.45, 7) is 0.883. The molecule has 0 bridgehead atoms. The number of hydrogen-bond donors (Lipinski definition) is 0. The number of sulfonamides is 1. The van der Waals surface area contributed by atoms with Gasteiger partial charge in [-0.15, -0.1) is 0 Å². The average molecular weight is 377 g/mol. The van der Waals surface area contributed by atoms with Gasteiger partial charge in [0.25, 0.3) is 0 Å². The second-order valence-electron chi connectivity index (χ2n) is 7.91. The number of hydrogen-bond acceptors (Lipinski definition) is 3. The number of benzene rings is 1. The van der Waals surface area contributed by atoms with Crippen LogP contribution in [0.2, 0.25) is 0 Å². The molecule has 0 aromatic heterocycles. The normalized spacial score (nSPS) is 23.2. The van der Waals surface area contributed by atoms with Crippen molar-refractivity contribution in [2.75, 3.05) is 13.1 Å². The summed E-state index contributed by atoms with van der Waals surface area (Å²) >= 11 is 0. The van der Waals surface area contributed by atoms with E-state index in [1.165, 1.54) is 12.8 Å². The third-order valence-corrected chi connectivity index (χ3v) is 8.01. The van der Waals surface area contributed by atoms with Crippen LogP contribution in [0.1, 0.15) is 51.4 Å². The molecule has 1 aromatic carbocycles. The van der Waals surface area contributed by atoms with Gasteiger partial charge in [0.1, 0.15) is 0 Å². The van der Waals surface area contributed by atoms with Crippen LogP contribution in [0.5, 0.6) is 0 Å². The summed E-state index contributed by atoms with van der Waals surface area (Å²) in [4.78, 5) is 15.7. The standard InChI is InChI=1S/C20H28N2O3S/c23-20(22(18-10-11-18)17-6-4-5-7-17)16-12-14-21(15-13-16)26(24,25)19-8-2-1-3-9-19/h1-3,8-9,16-18H,4-7,10-15H2. The molecule has 3 aliphatic rings. The van der Waals surface area contributed by atoms with E-state index in [4.69, 9.17) is 0 Å². The maximum absolute atomic E-state index is 13.2. The van der Waals surface area contributed by atoms with E-state index in [9.17, 15) is 13.2 Å². The molecular weight excluding hydrogens is 348 g/mol. The lowest BCUT2D eigenvalue weighted by molar-refractivity contribution is -0.139. The summed E-state index contributed by atoms with van der Waals surface area (Å²) in [7, 11) is -3.44. The highest BCUT2D eigenvalue weighted by Crippen LogP contribution is 2.37. The fourth-order valence-electron chi connectivity index (χ4n) is 4.49. The molecule has 1 amide bonds. The van der Waals surface area contributed by atoms with Crippen LogP contribution in [0.3, 0.4) is 0 Å².